The Bertz CT molecular complexity index is 188. The maximum atomic E-state index is 3.72. The van der Waals surface area contributed by atoms with Crippen molar-refractivity contribution in [1.29, 1.82) is 0 Å². The SMILES string of the molecule is CCCNC(CCC1CCCC(C)C1)C(C)C. The van der Waals surface area contributed by atoms with Gasteiger partial charge in [-0.2, -0.15) is 0 Å². The minimum atomic E-state index is 0.743. The normalized spacial score (nSPS) is 27.4. The van der Waals surface area contributed by atoms with Gasteiger partial charge >= 0.3 is 0 Å². The lowest BCUT2D eigenvalue weighted by Gasteiger charge is -2.29. The van der Waals surface area contributed by atoms with Crippen LogP contribution >= 0.6 is 0 Å². The fourth-order valence-electron chi connectivity index (χ4n) is 3.24. The van der Waals surface area contributed by atoms with Gasteiger partial charge in [0.2, 0.25) is 0 Å². The molecule has 1 nitrogen and oxygen atoms in total. The van der Waals surface area contributed by atoms with Crippen LogP contribution in [0.1, 0.15) is 72.6 Å². The molecule has 3 atom stereocenters. The molecule has 1 rings (SSSR count). The predicted octanol–water partition coefficient (Wildman–Crippen LogP) is 4.62. The zero-order valence-corrected chi connectivity index (χ0v) is 12.5. The molecular weight excluding hydrogens is 206 g/mol. The number of rotatable bonds is 7. The average molecular weight is 239 g/mol. The fraction of sp³-hybridized carbons (Fsp3) is 1.00. The third-order valence-electron chi connectivity index (χ3n) is 4.39. The Kier molecular flexibility index (Phi) is 7.18. The monoisotopic (exact) mass is 239 g/mol. The Morgan fingerprint density at radius 2 is 2.00 bits per heavy atom. The standard InChI is InChI=1S/C16H33N/c1-5-11-17-16(13(2)3)10-9-15-8-6-7-14(4)12-15/h13-17H,5-12H2,1-4H3. The Morgan fingerprint density at radius 1 is 1.24 bits per heavy atom. The molecule has 3 unspecified atom stereocenters. The molecule has 0 aromatic rings. The van der Waals surface area contributed by atoms with Crippen molar-refractivity contribution in [2.75, 3.05) is 6.54 Å². The molecule has 1 N–H and O–H groups in total. The van der Waals surface area contributed by atoms with Crippen LogP contribution in [0.25, 0.3) is 0 Å². The third kappa shape index (κ3) is 5.90. The Balaban J connectivity index is 2.25. The van der Waals surface area contributed by atoms with E-state index in [0.717, 1.165) is 23.8 Å². The summed E-state index contributed by atoms with van der Waals surface area (Å²) in [4.78, 5) is 0. The molecule has 0 spiro atoms. The minimum Gasteiger partial charge on any atom is -0.314 e. The zero-order valence-electron chi connectivity index (χ0n) is 12.5. The van der Waals surface area contributed by atoms with E-state index in [0.29, 0.717) is 0 Å². The molecule has 1 saturated carbocycles. The molecule has 0 bridgehead atoms. The van der Waals surface area contributed by atoms with Crippen LogP contribution in [-0.2, 0) is 0 Å². The maximum absolute atomic E-state index is 3.72. The van der Waals surface area contributed by atoms with Gasteiger partial charge in [0.1, 0.15) is 0 Å². The average Bonchev–Trinajstić information content (AvgIpc) is 2.28. The highest BCUT2D eigenvalue weighted by atomic mass is 14.9. The summed E-state index contributed by atoms with van der Waals surface area (Å²) in [6.07, 6.45) is 10.0. The first kappa shape index (κ1) is 15.0. The van der Waals surface area contributed by atoms with Crippen LogP contribution in [0.2, 0.25) is 0 Å². The van der Waals surface area contributed by atoms with Crippen LogP contribution in [0, 0.1) is 17.8 Å². The molecule has 0 aromatic heterocycles. The molecular formula is C16H33N. The second kappa shape index (κ2) is 8.13. The van der Waals surface area contributed by atoms with Crippen LogP contribution in [0.5, 0.6) is 0 Å². The molecule has 1 heteroatoms. The molecule has 0 radical (unpaired) electrons. The van der Waals surface area contributed by atoms with Gasteiger partial charge in [0, 0.05) is 6.04 Å². The van der Waals surface area contributed by atoms with Crippen molar-refractivity contribution in [3.8, 4) is 0 Å². The van der Waals surface area contributed by atoms with E-state index in [1.807, 2.05) is 0 Å². The van der Waals surface area contributed by atoms with Crippen molar-refractivity contribution in [2.24, 2.45) is 17.8 Å². The molecule has 0 aliphatic heterocycles. The highest BCUT2D eigenvalue weighted by molar-refractivity contribution is 4.75. The Morgan fingerprint density at radius 3 is 2.59 bits per heavy atom. The summed E-state index contributed by atoms with van der Waals surface area (Å²) in [6.45, 7) is 10.6. The lowest BCUT2D eigenvalue weighted by atomic mass is 9.79. The first-order valence-electron chi connectivity index (χ1n) is 7.86. The predicted molar refractivity (Wildman–Crippen MR) is 77.3 cm³/mol. The first-order chi connectivity index (χ1) is 8.13. The summed E-state index contributed by atoms with van der Waals surface area (Å²) in [5.41, 5.74) is 0. The molecule has 0 heterocycles. The number of hydrogen-bond donors (Lipinski definition) is 1. The smallest absolute Gasteiger partial charge is 0.00901 e. The lowest BCUT2D eigenvalue weighted by Crippen LogP contribution is -2.35. The van der Waals surface area contributed by atoms with Crippen molar-refractivity contribution >= 4 is 0 Å². The lowest BCUT2D eigenvalue weighted by molar-refractivity contribution is 0.246. The summed E-state index contributed by atoms with van der Waals surface area (Å²) in [5, 5.41) is 3.72. The summed E-state index contributed by atoms with van der Waals surface area (Å²) in [7, 11) is 0. The van der Waals surface area contributed by atoms with E-state index in [9.17, 15) is 0 Å². The van der Waals surface area contributed by atoms with Gasteiger partial charge in [-0.3, -0.25) is 0 Å². The summed E-state index contributed by atoms with van der Waals surface area (Å²) in [5.74, 6) is 2.78. The van der Waals surface area contributed by atoms with Crippen LogP contribution in [-0.4, -0.2) is 12.6 Å². The van der Waals surface area contributed by atoms with Crippen molar-refractivity contribution in [3.63, 3.8) is 0 Å². The molecule has 1 aliphatic rings. The van der Waals surface area contributed by atoms with E-state index in [1.165, 1.54) is 51.5 Å². The highest BCUT2D eigenvalue weighted by Gasteiger charge is 2.20. The van der Waals surface area contributed by atoms with Gasteiger partial charge in [0.05, 0.1) is 0 Å². The van der Waals surface area contributed by atoms with E-state index >= 15 is 0 Å². The molecule has 102 valence electrons. The van der Waals surface area contributed by atoms with Crippen LogP contribution in [0.4, 0.5) is 0 Å². The Hall–Kier alpha value is -0.0400. The molecule has 17 heavy (non-hydrogen) atoms. The van der Waals surface area contributed by atoms with Gasteiger partial charge in [-0.05, 0) is 50.0 Å². The summed E-state index contributed by atoms with van der Waals surface area (Å²) in [6, 6.07) is 0.743. The highest BCUT2D eigenvalue weighted by Crippen LogP contribution is 2.32. The third-order valence-corrected chi connectivity index (χ3v) is 4.39. The molecule has 1 fully saturated rings. The first-order valence-corrected chi connectivity index (χ1v) is 7.86. The van der Waals surface area contributed by atoms with Gasteiger partial charge in [0.25, 0.3) is 0 Å². The van der Waals surface area contributed by atoms with Crippen molar-refractivity contribution in [1.82, 2.24) is 5.32 Å². The summed E-state index contributed by atoms with van der Waals surface area (Å²) >= 11 is 0. The quantitative estimate of drug-likeness (QED) is 0.683. The summed E-state index contributed by atoms with van der Waals surface area (Å²) < 4.78 is 0. The minimum absolute atomic E-state index is 0.743. The van der Waals surface area contributed by atoms with Crippen molar-refractivity contribution in [2.45, 2.75) is 78.7 Å². The van der Waals surface area contributed by atoms with Gasteiger partial charge in [-0.15, -0.1) is 0 Å². The van der Waals surface area contributed by atoms with Crippen molar-refractivity contribution in [3.05, 3.63) is 0 Å². The fourth-order valence-corrected chi connectivity index (χ4v) is 3.24. The second-order valence-electron chi connectivity index (χ2n) is 6.52. The number of nitrogens with one attached hydrogen (secondary N) is 1. The topological polar surface area (TPSA) is 12.0 Å². The van der Waals surface area contributed by atoms with Crippen LogP contribution in [0.15, 0.2) is 0 Å². The van der Waals surface area contributed by atoms with Crippen LogP contribution in [0.3, 0.4) is 0 Å². The van der Waals surface area contributed by atoms with E-state index in [4.69, 9.17) is 0 Å². The molecule has 0 saturated heterocycles. The largest absolute Gasteiger partial charge is 0.314 e. The molecule has 1 aliphatic carbocycles. The van der Waals surface area contributed by atoms with Crippen molar-refractivity contribution < 1.29 is 0 Å². The van der Waals surface area contributed by atoms with Crippen LogP contribution < -0.4 is 5.32 Å². The van der Waals surface area contributed by atoms with E-state index in [-0.39, 0.29) is 0 Å². The maximum Gasteiger partial charge on any atom is 0.00901 e. The van der Waals surface area contributed by atoms with Gasteiger partial charge in [-0.25, -0.2) is 0 Å². The Labute approximate surface area is 109 Å². The van der Waals surface area contributed by atoms with Gasteiger partial charge < -0.3 is 5.32 Å². The van der Waals surface area contributed by atoms with E-state index in [1.54, 1.807) is 0 Å². The van der Waals surface area contributed by atoms with E-state index < -0.39 is 0 Å². The van der Waals surface area contributed by atoms with Gasteiger partial charge in [-0.1, -0.05) is 47.0 Å². The number of hydrogen-bond acceptors (Lipinski definition) is 1. The van der Waals surface area contributed by atoms with Gasteiger partial charge in [0.15, 0.2) is 0 Å². The van der Waals surface area contributed by atoms with E-state index in [2.05, 4.69) is 33.0 Å². The molecule has 0 amide bonds. The second-order valence-corrected chi connectivity index (χ2v) is 6.52. The molecule has 0 aromatic carbocycles. The zero-order chi connectivity index (χ0) is 12.7.